The number of hydrogen-bond donors (Lipinski definition) is 0. The van der Waals surface area contributed by atoms with Gasteiger partial charge in [0.05, 0.1) is 6.54 Å². The van der Waals surface area contributed by atoms with Crippen LogP contribution in [0, 0.1) is 11.7 Å². The molecule has 0 saturated heterocycles. The van der Waals surface area contributed by atoms with Crippen molar-refractivity contribution in [3.8, 4) is 0 Å². The first kappa shape index (κ1) is 22.0. The first-order chi connectivity index (χ1) is 12.8. The molecular weight excluding hydrogens is 365 g/mol. The second kappa shape index (κ2) is 8.37. The molecule has 1 aliphatic rings. The Labute approximate surface area is 165 Å². The normalized spacial score (nSPS) is 19.4. The number of benzene rings is 1. The number of carbonyl (C=O) groups excluding carboxylic acids is 2. The molecule has 1 amide bonds. The van der Waals surface area contributed by atoms with Gasteiger partial charge in [-0.25, -0.2) is 14.0 Å². The Morgan fingerprint density at radius 2 is 1.54 bits per heavy atom. The number of carbonyl (C=O) groups is 2. The minimum absolute atomic E-state index is 0.144. The number of ether oxygens (including phenoxy) is 2. The molecule has 28 heavy (non-hydrogen) atoms. The second-order valence-corrected chi connectivity index (χ2v) is 9.18. The van der Waals surface area contributed by atoms with E-state index in [4.69, 9.17) is 14.3 Å². The van der Waals surface area contributed by atoms with Gasteiger partial charge in [-0.15, -0.1) is 5.06 Å². The minimum Gasteiger partial charge on any atom is -0.442 e. The number of hydroxylamine groups is 2. The Bertz CT molecular complexity index is 684. The summed E-state index contributed by atoms with van der Waals surface area (Å²) in [6, 6.07) is 6.45. The lowest BCUT2D eigenvalue weighted by Gasteiger charge is -2.38. The van der Waals surface area contributed by atoms with Crippen molar-refractivity contribution in [3.05, 3.63) is 35.6 Å². The maximum absolute atomic E-state index is 13.1. The lowest BCUT2D eigenvalue weighted by molar-refractivity contribution is -0.145. The van der Waals surface area contributed by atoms with Crippen LogP contribution in [0.15, 0.2) is 24.3 Å². The van der Waals surface area contributed by atoms with Gasteiger partial charge in [0.1, 0.15) is 17.0 Å². The van der Waals surface area contributed by atoms with Crippen molar-refractivity contribution in [2.45, 2.75) is 71.5 Å². The van der Waals surface area contributed by atoms with E-state index in [0.29, 0.717) is 5.92 Å². The van der Waals surface area contributed by atoms with Gasteiger partial charge in [0.25, 0.3) is 0 Å². The molecule has 156 valence electrons. The van der Waals surface area contributed by atoms with Crippen LogP contribution in [-0.2, 0) is 14.3 Å². The quantitative estimate of drug-likeness (QED) is 0.505. The molecule has 0 spiro atoms. The lowest BCUT2D eigenvalue weighted by Crippen LogP contribution is -2.44. The van der Waals surface area contributed by atoms with Gasteiger partial charge in [0.15, 0.2) is 0 Å². The van der Waals surface area contributed by atoms with Crippen molar-refractivity contribution >= 4 is 12.2 Å². The van der Waals surface area contributed by atoms with E-state index in [1.165, 1.54) is 12.1 Å². The fourth-order valence-electron chi connectivity index (χ4n) is 2.95. The van der Waals surface area contributed by atoms with E-state index in [1.54, 1.807) is 53.7 Å². The van der Waals surface area contributed by atoms with E-state index in [9.17, 15) is 14.0 Å². The highest BCUT2D eigenvalue weighted by Gasteiger charge is 2.36. The van der Waals surface area contributed by atoms with Crippen LogP contribution < -0.4 is 0 Å². The molecule has 1 fully saturated rings. The maximum atomic E-state index is 13.1. The van der Waals surface area contributed by atoms with Gasteiger partial charge in [0, 0.05) is 0 Å². The average molecular weight is 395 g/mol. The topological polar surface area (TPSA) is 65.1 Å². The lowest BCUT2D eigenvalue weighted by atomic mass is 9.71. The Balaban J connectivity index is 1.96. The van der Waals surface area contributed by atoms with Crippen LogP contribution >= 0.6 is 0 Å². The van der Waals surface area contributed by atoms with Crippen LogP contribution in [0.3, 0.4) is 0 Å². The summed E-state index contributed by atoms with van der Waals surface area (Å²) in [5, 5.41) is 0.935. The van der Waals surface area contributed by atoms with Gasteiger partial charge in [-0.1, -0.05) is 12.1 Å². The SMILES string of the molecule is CC(C)(C)OC(=O)ON(CC1CC(c2ccc(F)cc2)C1)C(=O)OC(C)(C)C. The summed E-state index contributed by atoms with van der Waals surface area (Å²) in [5.41, 5.74) is -0.390. The summed E-state index contributed by atoms with van der Waals surface area (Å²) >= 11 is 0. The third-order valence-electron chi connectivity index (χ3n) is 4.17. The Morgan fingerprint density at radius 3 is 2.04 bits per heavy atom. The van der Waals surface area contributed by atoms with Crippen molar-refractivity contribution < 1.29 is 28.3 Å². The van der Waals surface area contributed by atoms with Crippen molar-refractivity contribution in [2.24, 2.45) is 5.92 Å². The van der Waals surface area contributed by atoms with E-state index in [2.05, 4.69) is 0 Å². The molecule has 0 heterocycles. The molecule has 0 unspecified atom stereocenters. The minimum atomic E-state index is -0.951. The first-order valence-corrected chi connectivity index (χ1v) is 9.49. The van der Waals surface area contributed by atoms with Crippen LogP contribution in [0.4, 0.5) is 14.0 Å². The molecule has 1 aromatic rings. The molecule has 1 aromatic carbocycles. The van der Waals surface area contributed by atoms with Gasteiger partial charge >= 0.3 is 12.2 Å². The fourth-order valence-corrected chi connectivity index (χ4v) is 2.95. The third-order valence-corrected chi connectivity index (χ3v) is 4.17. The zero-order valence-corrected chi connectivity index (χ0v) is 17.5. The predicted molar refractivity (Wildman–Crippen MR) is 102 cm³/mol. The third kappa shape index (κ3) is 7.02. The molecule has 0 aromatic heterocycles. The van der Waals surface area contributed by atoms with Crippen LogP contribution in [0.2, 0.25) is 0 Å². The summed E-state index contributed by atoms with van der Waals surface area (Å²) in [6.07, 6.45) is -0.0676. The van der Waals surface area contributed by atoms with E-state index in [-0.39, 0.29) is 18.3 Å². The molecule has 1 saturated carbocycles. The second-order valence-electron chi connectivity index (χ2n) is 9.18. The molecule has 7 heteroatoms. The number of nitrogens with zero attached hydrogens (tertiary/aromatic N) is 1. The summed E-state index contributed by atoms with van der Waals surface area (Å²) in [6.45, 7) is 10.6. The van der Waals surface area contributed by atoms with Crippen LogP contribution in [0.25, 0.3) is 0 Å². The predicted octanol–water partition coefficient (Wildman–Crippen LogP) is 5.42. The molecule has 2 rings (SSSR count). The van der Waals surface area contributed by atoms with E-state index < -0.39 is 23.5 Å². The van der Waals surface area contributed by atoms with Crippen LogP contribution in [0.1, 0.15) is 65.9 Å². The zero-order chi connectivity index (χ0) is 21.1. The van der Waals surface area contributed by atoms with Gasteiger partial charge in [0.2, 0.25) is 0 Å². The zero-order valence-electron chi connectivity index (χ0n) is 17.5. The van der Waals surface area contributed by atoms with Crippen molar-refractivity contribution in [2.75, 3.05) is 6.54 Å². The molecule has 1 aliphatic carbocycles. The van der Waals surface area contributed by atoms with Gasteiger partial charge in [-0.2, -0.15) is 0 Å². The molecule has 0 aliphatic heterocycles. The maximum Gasteiger partial charge on any atom is 0.534 e. The Hall–Kier alpha value is -2.31. The highest BCUT2D eigenvalue weighted by molar-refractivity contribution is 5.70. The van der Waals surface area contributed by atoms with Crippen LogP contribution in [-0.4, -0.2) is 35.1 Å². The summed E-state index contributed by atoms with van der Waals surface area (Å²) in [4.78, 5) is 29.6. The molecule has 0 N–H and O–H groups in total. The Kier molecular flexibility index (Phi) is 6.57. The first-order valence-electron chi connectivity index (χ1n) is 9.49. The van der Waals surface area contributed by atoms with Gasteiger partial charge < -0.3 is 14.3 Å². The average Bonchev–Trinajstić information content (AvgIpc) is 2.46. The Morgan fingerprint density at radius 1 is 1.00 bits per heavy atom. The van der Waals surface area contributed by atoms with E-state index in [1.807, 2.05) is 0 Å². The number of amides is 1. The fraction of sp³-hybridized carbons (Fsp3) is 0.619. The summed E-state index contributed by atoms with van der Waals surface area (Å²) in [7, 11) is 0. The van der Waals surface area contributed by atoms with Crippen molar-refractivity contribution in [1.82, 2.24) is 5.06 Å². The monoisotopic (exact) mass is 395 g/mol. The van der Waals surface area contributed by atoms with Crippen molar-refractivity contribution in [3.63, 3.8) is 0 Å². The highest BCUT2D eigenvalue weighted by Crippen LogP contribution is 2.42. The number of rotatable bonds is 3. The summed E-state index contributed by atoms with van der Waals surface area (Å²) in [5.74, 6) is 0.180. The van der Waals surface area contributed by atoms with E-state index >= 15 is 0 Å². The molecular formula is C21H30FNO5. The summed E-state index contributed by atoms with van der Waals surface area (Å²) < 4.78 is 23.5. The molecule has 6 nitrogen and oxygen atoms in total. The highest BCUT2D eigenvalue weighted by atomic mass is 19.1. The van der Waals surface area contributed by atoms with Gasteiger partial charge in [-0.3, -0.25) is 0 Å². The largest absolute Gasteiger partial charge is 0.534 e. The number of halogens is 1. The van der Waals surface area contributed by atoms with E-state index in [0.717, 1.165) is 23.5 Å². The van der Waals surface area contributed by atoms with Crippen molar-refractivity contribution in [1.29, 1.82) is 0 Å². The number of hydrogen-bond acceptors (Lipinski definition) is 5. The molecule has 0 bridgehead atoms. The molecule has 0 atom stereocenters. The van der Waals surface area contributed by atoms with Gasteiger partial charge in [-0.05, 0) is 83.9 Å². The smallest absolute Gasteiger partial charge is 0.442 e. The standard InChI is InChI=1S/C21H30FNO5/c1-20(2,3)26-18(24)23(28-19(25)27-21(4,5)6)13-14-11-16(12-14)15-7-9-17(22)10-8-15/h7-10,14,16H,11-13H2,1-6H3. The van der Waals surface area contributed by atoms with Crippen LogP contribution in [0.5, 0.6) is 0 Å². The molecule has 0 radical (unpaired) electrons.